The van der Waals surface area contributed by atoms with Crippen molar-refractivity contribution in [1.29, 1.82) is 0 Å². The lowest BCUT2D eigenvalue weighted by Crippen LogP contribution is -2.16. The van der Waals surface area contributed by atoms with Crippen LogP contribution in [0.15, 0.2) is 23.6 Å². The van der Waals surface area contributed by atoms with Crippen molar-refractivity contribution in [2.75, 3.05) is 0 Å². The Kier molecular flexibility index (Phi) is 4.81. The van der Waals surface area contributed by atoms with Crippen molar-refractivity contribution in [2.45, 2.75) is 38.6 Å². The van der Waals surface area contributed by atoms with Crippen LogP contribution < -0.4 is 5.73 Å². The van der Waals surface area contributed by atoms with Crippen LogP contribution in [0.25, 0.3) is 0 Å². The third-order valence-electron chi connectivity index (χ3n) is 3.08. The Morgan fingerprint density at radius 1 is 1.40 bits per heavy atom. The molecule has 0 radical (unpaired) electrons. The molecule has 2 nitrogen and oxygen atoms in total. The molecular formula is C15H18FIN2S. The monoisotopic (exact) mass is 404 g/mol. The lowest BCUT2D eigenvalue weighted by atomic mass is 9.93. The van der Waals surface area contributed by atoms with Crippen LogP contribution in [0.5, 0.6) is 0 Å². The van der Waals surface area contributed by atoms with Gasteiger partial charge in [-0.15, -0.1) is 11.3 Å². The summed E-state index contributed by atoms with van der Waals surface area (Å²) < 4.78 is 14.0. The van der Waals surface area contributed by atoms with Gasteiger partial charge >= 0.3 is 0 Å². The predicted octanol–water partition coefficient (Wildman–Crippen LogP) is 4.43. The van der Waals surface area contributed by atoms with Crippen LogP contribution in [0.3, 0.4) is 0 Å². The number of hydrogen-bond acceptors (Lipinski definition) is 3. The van der Waals surface area contributed by atoms with Crippen molar-refractivity contribution in [2.24, 2.45) is 5.73 Å². The fourth-order valence-electron chi connectivity index (χ4n) is 1.85. The van der Waals surface area contributed by atoms with E-state index in [-0.39, 0.29) is 17.3 Å². The summed E-state index contributed by atoms with van der Waals surface area (Å²) >= 11 is 3.77. The fourth-order valence-corrected chi connectivity index (χ4v) is 3.81. The summed E-state index contributed by atoms with van der Waals surface area (Å²) in [6.45, 7) is 6.44. The minimum absolute atomic E-state index is 0.0587. The second-order valence-electron chi connectivity index (χ2n) is 5.85. The summed E-state index contributed by atoms with van der Waals surface area (Å²) in [5, 5.41) is 3.13. The van der Waals surface area contributed by atoms with Crippen molar-refractivity contribution in [3.8, 4) is 0 Å². The van der Waals surface area contributed by atoms with Gasteiger partial charge in [-0.3, -0.25) is 0 Å². The number of hydrogen-bond donors (Lipinski definition) is 1. The van der Waals surface area contributed by atoms with Crippen molar-refractivity contribution >= 4 is 33.9 Å². The molecule has 1 atom stereocenters. The molecule has 5 heteroatoms. The maximum absolute atomic E-state index is 13.1. The molecule has 2 N–H and O–H groups in total. The zero-order chi connectivity index (χ0) is 14.9. The molecule has 2 aromatic rings. The first-order valence-corrected chi connectivity index (χ1v) is 8.38. The van der Waals surface area contributed by atoms with Gasteiger partial charge in [0.25, 0.3) is 0 Å². The molecule has 0 saturated carbocycles. The Balaban J connectivity index is 2.15. The Hall–Kier alpha value is -0.530. The van der Waals surface area contributed by atoms with E-state index in [0.717, 1.165) is 19.8 Å². The van der Waals surface area contributed by atoms with Crippen molar-refractivity contribution in [3.63, 3.8) is 0 Å². The van der Waals surface area contributed by atoms with Gasteiger partial charge in [-0.1, -0.05) is 26.8 Å². The first-order valence-electron chi connectivity index (χ1n) is 6.43. The second-order valence-corrected chi connectivity index (χ2v) is 7.96. The van der Waals surface area contributed by atoms with Gasteiger partial charge in [0.15, 0.2) is 0 Å². The average molecular weight is 404 g/mol. The van der Waals surface area contributed by atoms with Gasteiger partial charge in [-0.05, 0) is 40.3 Å². The van der Waals surface area contributed by atoms with Gasteiger partial charge in [0.2, 0.25) is 0 Å². The molecule has 0 aliphatic rings. The highest BCUT2D eigenvalue weighted by molar-refractivity contribution is 14.1. The third-order valence-corrected chi connectivity index (χ3v) is 4.88. The number of rotatable bonds is 3. The summed E-state index contributed by atoms with van der Waals surface area (Å²) in [6.07, 6.45) is 0.683. The Labute approximate surface area is 136 Å². The number of nitrogens with two attached hydrogens (primary N) is 1. The van der Waals surface area contributed by atoms with E-state index in [1.807, 2.05) is 0 Å². The van der Waals surface area contributed by atoms with E-state index < -0.39 is 0 Å². The molecule has 0 spiro atoms. The molecule has 1 aromatic carbocycles. The summed E-state index contributed by atoms with van der Waals surface area (Å²) in [6, 6.07) is 4.58. The SMILES string of the molecule is CC(C)(C)c1csc(CC(N)c2ccc(F)cc2I)n1. The quantitative estimate of drug-likeness (QED) is 0.769. The van der Waals surface area contributed by atoms with Crippen LogP contribution in [0.4, 0.5) is 4.39 Å². The van der Waals surface area contributed by atoms with E-state index in [1.54, 1.807) is 17.4 Å². The van der Waals surface area contributed by atoms with E-state index in [9.17, 15) is 4.39 Å². The van der Waals surface area contributed by atoms with Crippen molar-refractivity contribution in [3.05, 3.63) is 49.2 Å². The van der Waals surface area contributed by atoms with E-state index in [2.05, 4.69) is 53.7 Å². The minimum atomic E-state index is -0.227. The molecule has 1 heterocycles. The van der Waals surface area contributed by atoms with Crippen LogP contribution in [-0.4, -0.2) is 4.98 Å². The Bertz CT molecular complexity index is 604. The molecule has 2 rings (SSSR count). The lowest BCUT2D eigenvalue weighted by Gasteiger charge is -2.15. The van der Waals surface area contributed by atoms with Crippen LogP contribution in [0.1, 0.15) is 43.1 Å². The van der Waals surface area contributed by atoms with Crippen LogP contribution >= 0.6 is 33.9 Å². The van der Waals surface area contributed by atoms with Crippen LogP contribution in [0, 0.1) is 9.39 Å². The standard InChI is InChI=1S/C15H18FIN2S/c1-15(2,3)13-8-20-14(19-13)7-12(18)10-5-4-9(16)6-11(10)17/h4-6,8,12H,7,18H2,1-3H3. The summed E-state index contributed by atoms with van der Waals surface area (Å²) in [7, 11) is 0. The lowest BCUT2D eigenvalue weighted by molar-refractivity contribution is 0.568. The van der Waals surface area contributed by atoms with Crippen LogP contribution in [0.2, 0.25) is 0 Å². The van der Waals surface area contributed by atoms with Crippen molar-refractivity contribution < 1.29 is 4.39 Å². The molecule has 0 saturated heterocycles. The predicted molar refractivity (Wildman–Crippen MR) is 90.6 cm³/mol. The Morgan fingerprint density at radius 3 is 2.65 bits per heavy atom. The third kappa shape index (κ3) is 3.77. The highest BCUT2D eigenvalue weighted by Crippen LogP contribution is 2.27. The summed E-state index contributed by atoms with van der Waals surface area (Å²) in [5.74, 6) is -0.227. The maximum atomic E-state index is 13.1. The molecule has 0 amide bonds. The number of nitrogens with zero attached hydrogens (tertiary/aromatic N) is 1. The normalized spacial score (nSPS) is 13.5. The molecule has 108 valence electrons. The van der Waals surface area contributed by atoms with E-state index in [4.69, 9.17) is 5.73 Å². The zero-order valence-corrected chi connectivity index (χ0v) is 14.8. The molecule has 20 heavy (non-hydrogen) atoms. The molecular weight excluding hydrogens is 386 g/mol. The van der Waals surface area contributed by atoms with E-state index in [1.165, 1.54) is 12.1 Å². The van der Waals surface area contributed by atoms with Gasteiger partial charge in [0, 0.05) is 26.8 Å². The van der Waals surface area contributed by atoms with E-state index >= 15 is 0 Å². The Morgan fingerprint density at radius 2 is 2.10 bits per heavy atom. The van der Waals surface area contributed by atoms with Gasteiger partial charge in [0.1, 0.15) is 5.82 Å². The molecule has 0 aliphatic heterocycles. The van der Waals surface area contributed by atoms with Gasteiger partial charge in [0.05, 0.1) is 10.7 Å². The van der Waals surface area contributed by atoms with Gasteiger partial charge < -0.3 is 5.73 Å². The number of halogens is 2. The molecule has 1 unspecified atom stereocenters. The summed E-state index contributed by atoms with van der Waals surface area (Å²) in [5.41, 5.74) is 8.36. The largest absolute Gasteiger partial charge is 0.324 e. The van der Waals surface area contributed by atoms with Crippen molar-refractivity contribution in [1.82, 2.24) is 4.98 Å². The number of aromatic nitrogens is 1. The first kappa shape index (κ1) is 15.9. The van der Waals surface area contributed by atoms with Crippen LogP contribution in [-0.2, 0) is 11.8 Å². The minimum Gasteiger partial charge on any atom is -0.324 e. The smallest absolute Gasteiger partial charge is 0.124 e. The second kappa shape index (κ2) is 6.07. The van der Waals surface area contributed by atoms with Gasteiger partial charge in [-0.2, -0.15) is 0 Å². The van der Waals surface area contributed by atoms with E-state index in [0.29, 0.717) is 6.42 Å². The molecule has 0 bridgehead atoms. The maximum Gasteiger partial charge on any atom is 0.124 e. The summed E-state index contributed by atoms with van der Waals surface area (Å²) in [4.78, 5) is 4.66. The molecule has 0 aliphatic carbocycles. The highest BCUT2D eigenvalue weighted by atomic mass is 127. The number of benzene rings is 1. The topological polar surface area (TPSA) is 38.9 Å². The average Bonchev–Trinajstić information content (AvgIpc) is 2.76. The zero-order valence-electron chi connectivity index (χ0n) is 11.8. The number of thiazole rings is 1. The fraction of sp³-hybridized carbons (Fsp3) is 0.400. The molecule has 1 aromatic heterocycles. The highest BCUT2D eigenvalue weighted by Gasteiger charge is 2.19. The first-order chi connectivity index (χ1) is 9.27. The molecule has 0 fully saturated rings. The van der Waals surface area contributed by atoms with Gasteiger partial charge in [-0.25, -0.2) is 9.37 Å².